The topological polar surface area (TPSA) is 87.7 Å². The number of amides is 3. The minimum Gasteiger partial charge on any atom is -0.444 e. The third-order valence-electron chi connectivity index (χ3n) is 6.38. The maximum absolute atomic E-state index is 13.8. The largest absolute Gasteiger partial charge is 0.444 e. The second kappa shape index (κ2) is 13.5. The van der Waals surface area contributed by atoms with E-state index in [1.807, 2.05) is 31.2 Å². The van der Waals surface area contributed by atoms with E-state index in [0.29, 0.717) is 6.54 Å². The van der Waals surface area contributed by atoms with Crippen molar-refractivity contribution in [1.82, 2.24) is 15.5 Å². The molecule has 2 N–H and O–H groups in total. The van der Waals surface area contributed by atoms with Gasteiger partial charge < -0.3 is 20.3 Å². The molecule has 7 heteroatoms. The van der Waals surface area contributed by atoms with Crippen molar-refractivity contribution in [3.05, 3.63) is 35.4 Å². The Morgan fingerprint density at radius 2 is 1.74 bits per heavy atom. The van der Waals surface area contributed by atoms with Gasteiger partial charge >= 0.3 is 6.09 Å². The van der Waals surface area contributed by atoms with E-state index in [1.54, 1.807) is 32.6 Å². The lowest BCUT2D eigenvalue weighted by Gasteiger charge is -2.35. The van der Waals surface area contributed by atoms with Gasteiger partial charge in [-0.3, -0.25) is 9.59 Å². The molecule has 1 aromatic carbocycles. The standard InChI is InChI=1S/C28H45N3O4/c1-7-8-14-19-31(26(33)21(3)29-27(34)35-28(4,5)6)24(23-18-13-12-15-20(23)2)25(32)30-22-16-10-9-11-17-22/h12-13,15,18,21-22,24H,7-11,14,16-17,19H2,1-6H3,(H,29,34)(H,30,32). The Hall–Kier alpha value is -2.57. The number of carbonyl (C=O) groups is 3. The summed E-state index contributed by atoms with van der Waals surface area (Å²) in [5, 5.41) is 5.90. The summed E-state index contributed by atoms with van der Waals surface area (Å²) >= 11 is 0. The number of nitrogens with one attached hydrogen (secondary N) is 2. The molecule has 35 heavy (non-hydrogen) atoms. The Morgan fingerprint density at radius 1 is 1.09 bits per heavy atom. The first-order valence-corrected chi connectivity index (χ1v) is 13.2. The lowest BCUT2D eigenvalue weighted by Crippen LogP contribution is -2.53. The maximum Gasteiger partial charge on any atom is 0.408 e. The van der Waals surface area contributed by atoms with Gasteiger partial charge in [-0.15, -0.1) is 0 Å². The van der Waals surface area contributed by atoms with Crippen molar-refractivity contribution >= 4 is 17.9 Å². The average molecular weight is 488 g/mol. The molecule has 3 amide bonds. The van der Waals surface area contributed by atoms with Crippen LogP contribution in [0.15, 0.2) is 24.3 Å². The van der Waals surface area contributed by atoms with Crippen molar-refractivity contribution in [2.45, 2.75) is 117 Å². The molecule has 1 fully saturated rings. The zero-order valence-electron chi connectivity index (χ0n) is 22.5. The highest BCUT2D eigenvalue weighted by Gasteiger charge is 2.36. The Balaban J connectivity index is 2.35. The molecule has 196 valence electrons. The molecule has 1 aliphatic carbocycles. The summed E-state index contributed by atoms with van der Waals surface area (Å²) in [5.41, 5.74) is 1.10. The first kappa shape index (κ1) is 28.7. The molecule has 2 atom stereocenters. The zero-order valence-corrected chi connectivity index (χ0v) is 22.5. The van der Waals surface area contributed by atoms with Crippen LogP contribution < -0.4 is 10.6 Å². The van der Waals surface area contributed by atoms with Gasteiger partial charge in [0.05, 0.1) is 0 Å². The molecule has 7 nitrogen and oxygen atoms in total. The Labute approximate surface area is 211 Å². The van der Waals surface area contributed by atoms with E-state index in [4.69, 9.17) is 4.74 Å². The molecular weight excluding hydrogens is 442 g/mol. The number of benzene rings is 1. The van der Waals surface area contributed by atoms with Gasteiger partial charge in [0, 0.05) is 12.6 Å². The predicted octanol–water partition coefficient (Wildman–Crippen LogP) is 5.42. The van der Waals surface area contributed by atoms with Gasteiger partial charge in [-0.1, -0.05) is 63.3 Å². The third kappa shape index (κ3) is 9.19. The Bertz CT molecular complexity index is 843. The third-order valence-corrected chi connectivity index (χ3v) is 6.38. The average Bonchev–Trinajstić information content (AvgIpc) is 2.78. The summed E-state index contributed by atoms with van der Waals surface area (Å²) in [6.07, 6.45) is 7.42. The molecule has 2 unspecified atom stereocenters. The van der Waals surface area contributed by atoms with Crippen LogP contribution in [-0.4, -0.2) is 47.0 Å². The molecule has 1 saturated carbocycles. The van der Waals surface area contributed by atoms with Gasteiger partial charge in [0.25, 0.3) is 0 Å². The smallest absolute Gasteiger partial charge is 0.408 e. The summed E-state index contributed by atoms with van der Waals surface area (Å²) in [6, 6.07) is 6.27. The fourth-order valence-corrected chi connectivity index (χ4v) is 4.56. The molecule has 0 heterocycles. The Kier molecular flexibility index (Phi) is 11.1. The van der Waals surface area contributed by atoms with Gasteiger partial charge in [-0.25, -0.2) is 4.79 Å². The number of aryl methyl sites for hydroxylation is 1. The highest BCUT2D eigenvalue weighted by Crippen LogP contribution is 2.27. The van der Waals surface area contributed by atoms with Gasteiger partial charge in [-0.05, 0) is 65.0 Å². The van der Waals surface area contributed by atoms with E-state index >= 15 is 0 Å². The molecular formula is C28H45N3O4. The first-order chi connectivity index (χ1) is 16.5. The second-order valence-electron chi connectivity index (χ2n) is 10.7. The molecule has 2 rings (SSSR count). The highest BCUT2D eigenvalue weighted by molar-refractivity contribution is 5.92. The quantitative estimate of drug-likeness (QED) is 0.432. The first-order valence-electron chi connectivity index (χ1n) is 13.2. The number of carbonyl (C=O) groups excluding carboxylic acids is 3. The van der Waals surface area contributed by atoms with Crippen LogP contribution in [0.1, 0.15) is 103 Å². The highest BCUT2D eigenvalue weighted by atomic mass is 16.6. The SMILES string of the molecule is CCCCCN(C(=O)C(C)NC(=O)OC(C)(C)C)C(C(=O)NC1CCCCC1)c1ccccc1C. The summed E-state index contributed by atoms with van der Waals surface area (Å²) in [6.45, 7) is 11.5. The lowest BCUT2D eigenvalue weighted by molar-refractivity contribution is -0.142. The van der Waals surface area contributed by atoms with Crippen LogP contribution in [-0.2, 0) is 14.3 Å². The number of rotatable bonds is 10. The van der Waals surface area contributed by atoms with Gasteiger partial charge in [-0.2, -0.15) is 0 Å². The monoisotopic (exact) mass is 487 g/mol. The van der Waals surface area contributed by atoms with Crippen molar-refractivity contribution in [1.29, 1.82) is 0 Å². The minimum atomic E-state index is -0.833. The van der Waals surface area contributed by atoms with Crippen LogP contribution in [0.2, 0.25) is 0 Å². The summed E-state index contributed by atoms with van der Waals surface area (Å²) < 4.78 is 5.35. The van der Waals surface area contributed by atoms with Crippen LogP contribution in [0.5, 0.6) is 0 Å². The zero-order chi connectivity index (χ0) is 26.0. The van der Waals surface area contributed by atoms with Crippen molar-refractivity contribution in [2.24, 2.45) is 0 Å². The minimum absolute atomic E-state index is 0.132. The van der Waals surface area contributed by atoms with E-state index < -0.39 is 23.8 Å². The van der Waals surface area contributed by atoms with Crippen LogP contribution in [0.4, 0.5) is 4.79 Å². The molecule has 0 bridgehead atoms. The molecule has 0 spiro atoms. The van der Waals surface area contributed by atoms with Crippen molar-refractivity contribution in [2.75, 3.05) is 6.54 Å². The van der Waals surface area contributed by atoms with E-state index in [2.05, 4.69) is 17.6 Å². The summed E-state index contributed by atoms with van der Waals surface area (Å²) in [7, 11) is 0. The van der Waals surface area contributed by atoms with E-state index in [1.165, 1.54) is 6.42 Å². The Morgan fingerprint density at radius 3 is 2.34 bits per heavy atom. The molecule has 1 aromatic rings. The van der Waals surface area contributed by atoms with Gasteiger partial charge in [0.1, 0.15) is 17.7 Å². The molecule has 0 saturated heterocycles. The van der Waals surface area contributed by atoms with Crippen LogP contribution in [0, 0.1) is 6.92 Å². The number of hydrogen-bond donors (Lipinski definition) is 2. The molecule has 0 radical (unpaired) electrons. The maximum atomic E-state index is 13.8. The second-order valence-corrected chi connectivity index (χ2v) is 10.7. The fourth-order valence-electron chi connectivity index (χ4n) is 4.56. The predicted molar refractivity (Wildman–Crippen MR) is 139 cm³/mol. The fraction of sp³-hybridized carbons (Fsp3) is 0.679. The van der Waals surface area contributed by atoms with Gasteiger partial charge in [0.2, 0.25) is 11.8 Å². The normalized spacial score (nSPS) is 16.2. The molecule has 1 aliphatic rings. The van der Waals surface area contributed by atoms with Crippen LogP contribution >= 0.6 is 0 Å². The molecule has 0 aliphatic heterocycles. The van der Waals surface area contributed by atoms with Crippen molar-refractivity contribution in [3.8, 4) is 0 Å². The van der Waals surface area contributed by atoms with Crippen molar-refractivity contribution < 1.29 is 19.1 Å². The van der Waals surface area contributed by atoms with Crippen molar-refractivity contribution in [3.63, 3.8) is 0 Å². The summed E-state index contributed by atoms with van der Waals surface area (Å²) in [5.74, 6) is -0.445. The number of hydrogen-bond acceptors (Lipinski definition) is 4. The number of nitrogens with zero attached hydrogens (tertiary/aromatic N) is 1. The number of unbranched alkanes of at least 4 members (excludes halogenated alkanes) is 2. The molecule has 0 aromatic heterocycles. The number of alkyl carbamates (subject to hydrolysis) is 1. The number of ether oxygens (including phenoxy) is 1. The summed E-state index contributed by atoms with van der Waals surface area (Å²) in [4.78, 5) is 41.5. The van der Waals surface area contributed by atoms with Crippen LogP contribution in [0.25, 0.3) is 0 Å². The van der Waals surface area contributed by atoms with E-state index in [0.717, 1.165) is 56.1 Å². The van der Waals surface area contributed by atoms with Gasteiger partial charge in [0.15, 0.2) is 0 Å². The van der Waals surface area contributed by atoms with Crippen LogP contribution in [0.3, 0.4) is 0 Å². The lowest BCUT2D eigenvalue weighted by atomic mass is 9.93. The van der Waals surface area contributed by atoms with E-state index in [-0.39, 0.29) is 17.9 Å². The van der Waals surface area contributed by atoms with E-state index in [9.17, 15) is 14.4 Å².